The summed E-state index contributed by atoms with van der Waals surface area (Å²) < 4.78 is 8.32. The van der Waals surface area contributed by atoms with Crippen molar-refractivity contribution >= 4 is 17.7 Å². The van der Waals surface area contributed by atoms with Gasteiger partial charge >= 0.3 is 6.09 Å². The quantitative estimate of drug-likeness (QED) is 0.612. The highest BCUT2D eigenvalue weighted by Crippen LogP contribution is 2.45. The van der Waals surface area contributed by atoms with Crippen LogP contribution in [0.5, 0.6) is 11.5 Å². The van der Waals surface area contributed by atoms with Crippen LogP contribution in [0.1, 0.15) is 48.1 Å². The summed E-state index contributed by atoms with van der Waals surface area (Å²) in [6.45, 7) is 1.91. The Kier molecular flexibility index (Phi) is 4.84. The number of fused-ring (bicyclic) bond motifs is 1. The molecular formula is C24H24N4O4. The molecule has 3 aromatic rings. The first kappa shape index (κ1) is 20.1. The van der Waals surface area contributed by atoms with Crippen molar-refractivity contribution in [3.63, 3.8) is 0 Å². The monoisotopic (exact) mass is 432 g/mol. The Bertz CT molecular complexity index is 1200. The van der Waals surface area contributed by atoms with Crippen molar-refractivity contribution in [2.45, 2.75) is 44.7 Å². The fourth-order valence-corrected chi connectivity index (χ4v) is 4.26. The lowest BCUT2D eigenvalue weighted by atomic mass is 9.92. The Hall–Kier alpha value is -3.81. The van der Waals surface area contributed by atoms with Crippen LogP contribution in [0.4, 0.5) is 10.5 Å². The van der Waals surface area contributed by atoms with Gasteiger partial charge in [-0.05, 0) is 69.0 Å². The summed E-state index contributed by atoms with van der Waals surface area (Å²) in [6.07, 6.45) is 6.51. The van der Waals surface area contributed by atoms with E-state index in [2.05, 4.69) is 5.10 Å². The molecule has 1 aliphatic heterocycles. The summed E-state index contributed by atoms with van der Waals surface area (Å²) in [5.41, 5.74) is 9.00. The molecule has 0 unspecified atom stereocenters. The predicted molar refractivity (Wildman–Crippen MR) is 119 cm³/mol. The highest BCUT2D eigenvalue weighted by Gasteiger charge is 2.32. The maximum Gasteiger partial charge on any atom is 0.412 e. The van der Waals surface area contributed by atoms with Gasteiger partial charge in [0.25, 0.3) is 0 Å². The van der Waals surface area contributed by atoms with Crippen molar-refractivity contribution < 1.29 is 19.4 Å². The number of aromatic nitrogens is 2. The number of benzene rings is 2. The zero-order valence-electron chi connectivity index (χ0n) is 17.7. The second-order valence-corrected chi connectivity index (χ2v) is 8.41. The summed E-state index contributed by atoms with van der Waals surface area (Å²) in [4.78, 5) is 24.8. The van der Waals surface area contributed by atoms with E-state index in [9.17, 15) is 14.7 Å². The molecule has 8 nitrogen and oxygen atoms in total. The van der Waals surface area contributed by atoms with Crippen molar-refractivity contribution in [1.29, 1.82) is 0 Å². The lowest BCUT2D eigenvalue weighted by Gasteiger charge is -2.34. The van der Waals surface area contributed by atoms with E-state index in [1.165, 1.54) is 4.90 Å². The standard InChI is InChI=1S/C24H24N4O4/c1-14-2-9-20-21(28(14)24(30)31)11-10-19(16-12-26-27(13-16)17-5-6-17)22(20)32-18-7-3-15(4-8-18)23(25)29/h3-4,7-8,10-14,17H,2,5-6,9H2,1H3,(H2,25,29)(H,30,31)/t14-/m0/s1. The van der Waals surface area contributed by atoms with Crippen molar-refractivity contribution in [2.24, 2.45) is 5.73 Å². The minimum atomic E-state index is -0.982. The van der Waals surface area contributed by atoms with E-state index in [-0.39, 0.29) is 6.04 Å². The number of amides is 2. The molecule has 2 heterocycles. The SMILES string of the molecule is C[C@H]1CCc2c(ccc(-c3cnn(C4CC4)c3)c2Oc2ccc(C(N)=O)cc2)N1C(=O)O. The Morgan fingerprint density at radius 1 is 1.12 bits per heavy atom. The Balaban J connectivity index is 1.61. The molecule has 0 radical (unpaired) electrons. The number of primary amides is 1. The minimum absolute atomic E-state index is 0.119. The first-order chi connectivity index (χ1) is 15.4. The van der Waals surface area contributed by atoms with Crippen LogP contribution in [0.15, 0.2) is 48.8 Å². The third-order valence-corrected chi connectivity index (χ3v) is 6.15. The van der Waals surface area contributed by atoms with Crippen LogP contribution < -0.4 is 15.4 Å². The minimum Gasteiger partial charge on any atom is -0.465 e. The fourth-order valence-electron chi connectivity index (χ4n) is 4.26. The van der Waals surface area contributed by atoms with Crippen LogP contribution in [0.25, 0.3) is 11.1 Å². The molecule has 0 spiro atoms. The van der Waals surface area contributed by atoms with E-state index < -0.39 is 12.0 Å². The molecule has 164 valence electrons. The first-order valence-electron chi connectivity index (χ1n) is 10.7. The smallest absolute Gasteiger partial charge is 0.412 e. The normalized spacial score (nSPS) is 17.7. The first-order valence-corrected chi connectivity index (χ1v) is 10.7. The molecule has 2 amide bonds. The molecule has 1 atom stereocenters. The summed E-state index contributed by atoms with van der Waals surface area (Å²) >= 11 is 0. The number of hydrogen-bond donors (Lipinski definition) is 2. The maximum absolute atomic E-state index is 12.0. The van der Waals surface area contributed by atoms with Crippen LogP contribution in [0, 0.1) is 0 Å². The third-order valence-electron chi connectivity index (χ3n) is 6.15. The van der Waals surface area contributed by atoms with Gasteiger partial charge in [0.1, 0.15) is 11.5 Å². The van der Waals surface area contributed by atoms with Gasteiger partial charge in [-0.15, -0.1) is 0 Å². The highest BCUT2D eigenvalue weighted by molar-refractivity contribution is 5.93. The Labute approximate surface area is 185 Å². The molecule has 32 heavy (non-hydrogen) atoms. The molecular weight excluding hydrogens is 408 g/mol. The second kappa shape index (κ2) is 7.71. The van der Waals surface area contributed by atoms with E-state index in [4.69, 9.17) is 10.5 Å². The number of carboxylic acid groups (broad SMARTS) is 1. The number of ether oxygens (including phenoxy) is 1. The van der Waals surface area contributed by atoms with Gasteiger partial charge in [-0.2, -0.15) is 5.10 Å². The number of carbonyl (C=O) groups is 2. The summed E-state index contributed by atoms with van der Waals surface area (Å²) in [5, 5.41) is 14.3. The predicted octanol–water partition coefficient (Wildman–Crippen LogP) is 4.60. The van der Waals surface area contributed by atoms with Crippen molar-refractivity contribution in [2.75, 3.05) is 4.90 Å². The number of hydrogen-bond acceptors (Lipinski definition) is 4. The maximum atomic E-state index is 12.0. The molecule has 1 saturated carbocycles. The van der Waals surface area contributed by atoms with Gasteiger partial charge in [0.15, 0.2) is 0 Å². The van der Waals surface area contributed by atoms with Crippen molar-refractivity contribution in [3.8, 4) is 22.6 Å². The van der Waals surface area contributed by atoms with Gasteiger partial charge < -0.3 is 15.6 Å². The molecule has 1 aromatic heterocycles. The molecule has 1 aliphatic carbocycles. The number of carbonyl (C=O) groups excluding carboxylic acids is 1. The van der Waals surface area contributed by atoms with Gasteiger partial charge in [0.05, 0.1) is 17.9 Å². The van der Waals surface area contributed by atoms with Crippen molar-refractivity contribution in [3.05, 3.63) is 59.9 Å². The molecule has 8 heteroatoms. The topological polar surface area (TPSA) is 111 Å². The zero-order chi connectivity index (χ0) is 22.4. The Morgan fingerprint density at radius 2 is 1.88 bits per heavy atom. The number of rotatable bonds is 5. The van der Waals surface area contributed by atoms with Crippen molar-refractivity contribution in [1.82, 2.24) is 9.78 Å². The van der Waals surface area contributed by atoms with Gasteiger partial charge in [-0.1, -0.05) is 0 Å². The van der Waals surface area contributed by atoms with E-state index >= 15 is 0 Å². The van der Waals surface area contributed by atoms with E-state index in [1.807, 2.05) is 36.1 Å². The zero-order valence-corrected chi connectivity index (χ0v) is 17.7. The molecule has 0 saturated heterocycles. The molecule has 5 rings (SSSR count). The van der Waals surface area contributed by atoms with Crippen LogP contribution in [-0.2, 0) is 6.42 Å². The average Bonchev–Trinajstić information content (AvgIpc) is 3.51. The highest BCUT2D eigenvalue weighted by atomic mass is 16.5. The molecule has 0 bridgehead atoms. The number of nitrogens with two attached hydrogens (primary N) is 1. The van der Waals surface area contributed by atoms with Crippen LogP contribution >= 0.6 is 0 Å². The van der Waals surface area contributed by atoms with Crippen LogP contribution in [0.3, 0.4) is 0 Å². The number of nitrogens with zero attached hydrogens (tertiary/aromatic N) is 3. The molecule has 2 aromatic carbocycles. The van der Waals surface area contributed by atoms with Gasteiger partial charge in [-0.3, -0.25) is 14.4 Å². The summed E-state index contributed by atoms with van der Waals surface area (Å²) in [7, 11) is 0. The largest absolute Gasteiger partial charge is 0.465 e. The molecule has 1 fully saturated rings. The van der Waals surface area contributed by atoms with Crippen LogP contribution in [0.2, 0.25) is 0 Å². The van der Waals surface area contributed by atoms with E-state index in [0.29, 0.717) is 41.6 Å². The Morgan fingerprint density at radius 3 is 2.53 bits per heavy atom. The third kappa shape index (κ3) is 3.57. The van der Waals surface area contributed by atoms with Gasteiger partial charge in [0.2, 0.25) is 5.91 Å². The lowest BCUT2D eigenvalue weighted by molar-refractivity contribution is 0.1000. The molecule has 3 N–H and O–H groups in total. The second-order valence-electron chi connectivity index (χ2n) is 8.41. The van der Waals surface area contributed by atoms with Gasteiger partial charge in [0, 0.05) is 34.5 Å². The summed E-state index contributed by atoms with van der Waals surface area (Å²) in [5.74, 6) is 0.649. The lowest BCUT2D eigenvalue weighted by Crippen LogP contribution is -2.41. The average molecular weight is 432 g/mol. The fraction of sp³-hybridized carbons (Fsp3) is 0.292. The summed E-state index contributed by atoms with van der Waals surface area (Å²) in [6, 6.07) is 10.7. The van der Waals surface area contributed by atoms with E-state index in [1.54, 1.807) is 24.3 Å². The number of anilines is 1. The van der Waals surface area contributed by atoms with Gasteiger partial charge in [-0.25, -0.2) is 4.79 Å². The molecule has 2 aliphatic rings. The van der Waals surface area contributed by atoms with Crippen LogP contribution in [-0.4, -0.2) is 32.9 Å². The van der Waals surface area contributed by atoms with E-state index in [0.717, 1.165) is 29.5 Å².